The molecule has 0 aliphatic heterocycles. The smallest absolute Gasteiger partial charge is 0.221 e. The lowest BCUT2D eigenvalue weighted by Crippen LogP contribution is -2.27. The van der Waals surface area contributed by atoms with Crippen LogP contribution in [0.3, 0.4) is 0 Å². The zero-order valence-electron chi connectivity index (χ0n) is 10.3. The van der Waals surface area contributed by atoms with Gasteiger partial charge in [-0.05, 0) is 32.9 Å². The molecule has 0 fully saturated rings. The number of rotatable bonds is 4. The van der Waals surface area contributed by atoms with E-state index in [-0.39, 0.29) is 11.9 Å². The van der Waals surface area contributed by atoms with E-state index >= 15 is 0 Å². The van der Waals surface area contributed by atoms with Crippen molar-refractivity contribution in [2.75, 3.05) is 12.4 Å². The van der Waals surface area contributed by atoms with Crippen molar-refractivity contribution in [1.29, 1.82) is 0 Å². The summed E-state index contributed by atoms with van der Waals surface area (Å²) >= 11 is 0. The maximum atomic E-state index is 11.2. The summed E-state index contributed by atoms with van der Waals surface area (Å²) in [4.78, 5) is 15.5. The van der Waals surface area contributed by atoms with Crippen LogP contribution in [0.2, 0.25) is 0 Å². The molecule has 1 rings (SSSR count). The number of pyridine rings is 1. The first-order valence-electron chi connectivity index (χ1n) is 5.44. The van der Waals surface area contributed by atoms with Gasteiger partial charge in [0.2, 0.25) is 5.91 Å². The summed E-state index contributed by atoms with van der Waals surface area (Å²) in [7, 11) is 1.65. The number of hydrogen-bond donors (Lipinski definition) is 2. The number of nitrogens with one attached hydrogen (secondary N) is 2. The van der Waals surface area contributed by atoms with Crippen LogP contribution in [0.15, 0.2) is 12.1 Å². The molecule has 16 heavy (non-hydrogen) atoms. The van der Waals surface area contributed by atoms with Gasteiger partial charge in [0.25, 0.3) is 0 Å². The minimum Gasteiger partial charge on any atom is -0.381 e. The molecule has 1 unspecified atom stereocenters. The number of amides is 1. The van der Waals surface area contributed by atoms with Crippen LogP contribution in [0.5, 0.6) is 0 Å². The summed E-state index contributed by atoms with van der Waals surface area (Å²) < 4.78 is 0. The van der Waals surface area contributed by atoms with Crippen LogP contribution in [0, 0.1) is 13.8 Å². The van der Waals surface area contributed by atoms with E-state index in [2.05, 4.69) is 15.6 Å². The second-order valence-electron chi connectivity index (χ2n) is 4.01. The Hall–Kier alpha value is -1.58. The second kappa shape index (κ2) is 5.49. The third-order valence-electron chi connectivity index (χ3n) is 2.40. The van der Waals surface area contributed by atoms with Crippen LogP contribution in [-0.4, -0.2) is 24.0 Å². The van der Waals surface area contributed by atoms with Gasteiger partial charge in [0.1, 0.15) is 0 Å². The van der Waals surface area contributed by atoms with E-state index in [1.807, 2.05) is 32.9 Å². The number of carbonyl (C=O) groups excluding carboxylic acids is 1. The van der Waals surface area contributed by atoms with Gasteiger partial charge in [0.15, 0.2) is 0 Å². The molecule has 88 valence electrons. The number of nitrogens with zero attached hydrogens (tertiary/aromatic N) is 1. The minimum atomic E-state index is 0.0396. The van der Waals surface area contributed by atoms with E-state index in [1.54, 1.807) is 7.05 Å². The van der Waals surface area contributed by atoms with Gasteiger partial charge < -0.3 is 10.6 Å². The van der Waals surface area contributed by atoms with E-state index in [1.165, 1.54) is 0 Å². The third-order valence-corrected chi connectivity index (χ3v) is 2.40. The van der Waals surface area contributed by atoms with Crippen molar-refractivity contribution >= 4 is 11.6 Å². The lowest BCUT2D eigenvalue weighted by molar-refractivity contribution is -0.120. The molecule has 0 saturated carbocycles. The molecule has 0 aromatic carbocycles. The number of aryl methyl sites for hydroxylation is 2. The van der Waals surface area contributed by atoms with Crippen molar-refractivity contribution in [2.45, 2.75) is 33.2 Å². The molecule has 0 bridgehead atoms. The largest absolute Gasteiger partial charge is 0.381 e. The maximum absolute atomic E-state index is 11.2. The zero-order chi connectivity index (χ0) is 12.1. The quantitative estimate of drug-likeness (QED) is 0.812. The molecular formula is C12H19N3O. The highest BCUT2D eigenvalue weighted by Gasteiger charge is 2.08. The van der Waals surface area contributed by atoms with Gasteiger partial charge in [-0.25, -0.2) is 0 Å². The minimum absolute atomic E-state index is 0.0396. The van der Waals surface area contributed by atoms with Crippen molar-refractivity contribution < 1.29 is 4.79 Å². The van der Waals surface area contributed by atoms with E-state index in [9.17, 15) is 4.79 Å². The van der Waals surface area contributed by atoms with Crippen LogP contribution in [0.1, 0.15) is 24.7 Å². The Kier molecular flexibility index (Phi) is 4.28. The summed E-state index contributed by atoms with van der Waals surface area (Å²) in [6.45, 7) is 5.90. The SMILES string of the molecule is CNC(=O)CC(C)Nc1ccc(C)nc1C. The van der Waals surface area contributed by atoms with Crippen molar-refractivity contribution in [3.8, 4) is 0 Å². The number of carbonyl (C=O) groups is 1. The predicted octanol–water partition coefficient (Wildman–Crippen LogP) is 1.63. The molecule has 4 heteroatoms. The zero-order valence-corrected chi connectivity index (χ0v) is 10.3. The van der Waals surface area contributed by atoms with Gasteiger partial charge in [-0.2, -0.15) is 0 Å². The molecule has 1 aromatic heterocycles. The number of aromatic nitrogens is 1. The lowest BCUT2D eigenvalue weighted by atomic mass is 10.2. The molecule has 1 heterocycles. The highest BCUT2D eigenvalue weighted by atomic mass is 16.1. The monoisotopic (exact) mass is 221 g/mol. The molecule has 0 aliphatic carbocycles. The van der Waals surface area contributed by atoms with Gasteiger partial charge in [-0.1, -0.05) is 0 Å². The van der Waals surface area contributed by atoms with E-state index in [0.29, 0.717) is 6.42 Å². The van der Waals surface area contributed by atoms with Gasteiger partial charge in [-0.15, -0.1) is 0 Å². The van der Waals surface area contributed by atoms with Crippen LogP contribution in [0.4, 0.5) is 5.69 Å². The molecular weight excluding hydrogens is 202 g/mol. The van der Waals surface area contributed by atoms with Gasteiger partial charge in [0.05, 0.1) is 11.4 Å². The topological polar surface area (TPSA) is 54.0 Å². The predicted molar refractivity (Wildman–Crippen MR) is 65.5 cm³/mol. The molecule has 0 spiro atoms. The Labute approximate surface area is 96.5 Å². The third kappa shape index (κ3) is 3.53. The fraction of sp³-hybridized carbons (Fsp3) is 0.500. The van der Waals surface area contributed by atoms with Gasteiger partial charge in [-0.3, -0.25) is 9.78 Å². The fourth-order valence-corrected chi connectivity index (χ4v) is 1.54. The van der Waals surface area contributed by atoms with Gasteiger partial charge in [0, 0.05) is 25.2 Å². The van der Waals surface area contributed by atoms with E-state index in [4.69, 9.17) is 0 Å². The molecule has 1 amide bonds. The first-order valence-corrected chi connectivity index (χ1v) is 5.44. The van der Waals surface area contributed by atoms with Crippen LogP contribution in [0.25, 0.3) is 0 Å². The van der Waals surface area contributed by atoms with Crippen molar-refractivity contribution in [3.05, 3.63) is 23.5 Å². The number of anilines is 1. The lowest BCUT2D eigenvalue weighted by Gasteiger charge is -2.16. The standard InChI is InChI=1S/C12H19N3O/c1-8-5-6-11(10(3)14-8)15-9(2)7-12(16)13-4/h5-6,9,15H,7H2,1-4H3,(H,13,16). The second-order valence-corrected chi connectivity index (χ2v) is 4.01. The highest BCUT2D eigenvalue weighted by Crippen LogP contribution is 2.14. The molecule has 1 aromatic rings. The Morgan fingerprint density at radius 3 is 2.69 bits per heavy atom. The molecule has 4 nitrogen and oxygen atoms in total. The molecule has 0 radical (unpaired) electrons. The Morgan fingerprint density at radius 1 is 1.44 bits per heavy atom. The fourth-order valence-electron chi connectivity index (χ4n) is 1.54. The Bertz CT molecular complexity index is 377. The summed E-state index contributed by atoms with van der Waals surface area (Å²) in [5.74, 6) is 0.0396. The number of hydrogen-bond acceptors (Lipinski definition) is 3. The molecule has 2 N–H and O–H groups in total. The first-order chi connectivity index (χ1) is 7.52. The summed E-state index contributed by atoms with van der Waals surface area (Å²) in [6.07, 6.45) is 0.462. The Morgan fingerprint density at radius 2 is 2.12 bits per heavy atom. The van der Waals surface area contributed by atoms with Crippen LogP contribution >= 0.6 is 0 Å². The van der Waals surface area contributed by atoms with Crippen molar-refractivity contribution in [1.82, 2.24) is 10.3 Å². The van der Waals surface area contributed by atoms with Crippen molar-refractivity contribution in [3.63, 3.8) is 0 Å². The Balaban J connectivity index is 2.62. The molecule has 1 atom stereocenters. The highest BCUT2D eigenvalue weighted by molar-refractivity contribution is 5.76. The molecule has 0 saturated heterocycles. The maximum Gasteiger partial charge on any atom is 0.221 e. The van der Waals surface area contributed by atoms with Crippen molar-refractivity contribution in [2.24, 2.45) is 0 Å². The average Bonchev–Trinajstić information content (AvgIpc) is 2.22. The average molecular weight is 221 g/mol. The normalized spacial score (nSPS) is 12.0. The van der Waals surface area contributed by atoms with Crippen LogP contribution in [-0.2, 0) is 4.79 Å². The summed E-state index contributed by atoms with van der Waals surface area (Å²) in [6, 6.07) is 4.06. The molecule has 0 aliphatic rings. The van der Waals surface area contributed by atoms with Crippen LogP contribution < -0.4 is 10.6 Å². The first kappa shape index (κ1) is 12.5. The van der Waals surface area contributed by atoms with E-state index in [0.717, 1.165) is 17.1 Å². The summed E-state index contributed by atoms with van der Waals surface area (Å²) in [5.41, 5.74) is 2.95. The van der Waals surface area contributed by atoms with Gasteiger partial charge >= 0.3 is 0 Å². The van der Waals surface area contributed by atoms with E-state index < -0.39 is 0 Å². The summed E-state index contributed by atoms with van der Waals surface area (Å²) in [5, 5.41) is 5.89.